The van der Waals surface area contributed by atoms with Gasteiger partial charge in [-0.1, -0.05) is 23.7 Å². The van der Waals surface area contributed by atoms with E-state index in [-0.39, 0.29) is 42.5 Å². The summed E-state index contributed by atoms with van der Waals surface area (Å²) in [5, 5.41) is 9.47. The summed E-state index contributed by atoms with van der Waals surface area (Å²) in [4.78, 5) is 28.6. The fourth-order valence-corrected chi connectivity index (χ4v) is 2.51. The van der Waals surface area contributed by atoms with Gasteiger partial charge in [-0.25, -0.2) is 4.79 Å². The summed E-state index contributed by atoms with van der Waals surface area (Å²) in [6.07, 6.45) is 0.782. The lowest BCUT2D eigenvalue weighted by molar-refractivity contribution is -0.124. The SMILES string of the molecule is CCNC(=NCCc1cccc(Cl)c1)NCCN1C(=O)CNC1=O.I. The third-order valence-corrected chi connectivity index (χ3v) is 3.70. The van der Waals surface area contributed by atoms with Gasteiger partial charge >= 0.3 is 6.03 Å². The average molecular weight is 480 g/mol. The first-order valence-corrected chi connectivity index (χ1v) is 8.32. The number of imide groups is 1. The van der Waals surface area contributed by atoms with Crippen molar-refractivity contribution in [3.63, 3.8) is 0 Å². The van der Waals surface area contributed by atoms with Gasteiger partial charge in [0.05, 0.1) is 6.54 Å². The average Bonchev–Trinajstić information content (AvgIpc) is 2.87. The number of nitrogens with one attached hydrogen (secondary N) is 3. The molecule has 1 aliphatic rings. The van der Waals surface area contributed by atoms with Crippen molar-refractivity contribution in [2.24, 2.45) is 4.99 Å². The van der Waals surface area contributed by atoms with E-state index in [4.69, 9.17) is 11.6 Å². The molecule has 0 aromatic heterocycles. The Balaban J connectivity index is 0.00000312. The van der Waals surface area contributed by atoms with Crippen molar-refractivity contribution in [2.45, 2.75) is 13.3 Å². The molecular formula is C16H23ClIN5O2. The van der Waals surface area contributed by atoms with Crippen molar-refractivity contribution in [3.05, 3.63) is 34.9 Å². The first-order chi connectivity index (χ1) is 11.6. The molecule has 0 aliphatic carbocycles. The molecule has 2 rings (SSSR count). The number of carbonyl (C=O) groups is 2. The largest absolute Gasteiger partial charge is 0.357 e. The molecule has 7 nitrogen and oxygen atoms in total. The molecule has 9 heteroatoms. The van der Waals surface area contributed by atoms with Crippen LogP contribution in [0.1, 0.15) is 12.5 Å². The van der Waals surface area contributed by atoms with Gasteiger partial charge in [0, 0.05) is 31.2 Å². The summed E-state index contributed by atoms with van der Waals surface area (Å²) in [5.74, 6) is 0.455. The minimum Gasteiger partial charge on any atom is -0.357 e. The highest BCUT2D eigenvalue weighted by Crippen LogP contribution is 2.10. The summed E-state index contributed by atoms with van der Waals surface area (Å²) in [5.41, 5.74) is 1.13. The number of guanidine groups is 1. The Morgan fingerprint density at radius 1 is 1.36 bits per heavy atom. The summed E-state index contributed by atoms with van der Waals surface area (Å²) in [6, 6.07) is 7.36. The van der Waals surface area contributed by atoms with Crippen molar-refractivity contribution >= 4 is 53.5 Å². The van der Waals surface area contributed by atoms with Gasteiger partial charge in [-0.05, 0) is 31.0 Å². The van der Waals surface area contributed by atoms with E-state index in [0.717, 1.165) is 23.6 Å². The molecule has 0 bridgehead atoms. The molecule has 0 atom stereocenters. The first kappa shape index (κ1) is 21.5. The molecular weight excluding hydrogens is 457 g/mol. The second kappa shape index (κ2) is 11.1. The highest BCUT2D eigenvalue weighted by atomic mass is 127. The molecule has 1 heterocycles. The summed E-state index contributed by atoms with van der Waals surface area (Å²) < 4.78 is 0. The number of urea groups is 1. The van der Waals surface area contributed by atoms with Crippen LogP contribution in [0.25, 0.3) is 0 Å². The number of rotatable bonds is 7. The van der Waals surface area contributed by atoms with Crippen LogP contribution in [0.15, 0.2) is 29.3 Å². The zero-order valence-corrected chi connectivity index (χ0v) is 17.1. The number of halogens is 2. The Kier molecular flexibility index (Phi) is 9.58. The van der Waals surface area contributed by atoms with Crippen molar-refractivity contribution in [2.75, 3.05) is 32.7 Å². The van der Waals surface area contributed by atoms with E-state index in [1.807, 2.05) is 31.2 Å². The Labute approximate surface area is 169 Å². The van der Waals surface area contributed by atoms with E-state index in [0.29, 0.717) is 25.6 Å². The van der Waals surface area contributed by atoms with Gasteiger partial charge in [-0.15, -0.1) is 24.0 Å². The van der Waals surface area contributed by atoms with Crippen LogP contribution >= 0.6 is 35.6 Å². The highest BCUT2D eigenvalue weighted by Gasteiger charge is 2.27. The molecule has 3 amide bonds. The molecule has 0 saturated carbocycles. The van der Waals surface area contributed by atoms with E-state index < -0.39 is 0 Å². The molecule has 0 spiro atoms. The molecule has 1 aromatic carbocycles. The Hall–Kier alpha value is -1.55. The Morgan fingerprint density at radius 2 is 2.16 bits per heavy atom. The van der Waals surface area contributed by atoms with Gasteiger partial charge < -0.3 is 16.0 Å². The van der Waals surface area contributed by atoms with Gasteiger partial charge in [0.25, 0.3) is 0 Å². The Morgan fingerprint density at radius 3 is 2.80 bits per heavy atom. The maximum absolute atomic E-state index is 11.5. The van der Waals surface area contributed by atoms with E-state index in [1.54, 1.807) is 0 Å². The smallest absolute Gasteiger partial charge is 0.324 e. The van der Waals surface area contributed by atoms with Gasteiger partial charge in [0.2, 0.25) is 5.91 Å². The van der Waals surface area contributed by atoms with Crippen LogP contribution in [0.4, 0.5) is 4.79 Å². The predicted octanol–water partition coefficient (Wildman–Crippen LogP) is 1.61. The Bertz CT molecular complexity index is 610. The molecule has 1 fully saturated rings. The third kappa shape index (κ3) is 7.07. The van der Waals surface area contributed by atoms with Gasteiger partial charge in [0.15, 0.2) is 5.96 Å². The zero-order valence-electron chi connectivity index (χ0n) is 14.0. The number of benzene rings is 1. The van der Waals surface area contributed by atoms with Gasteiger partial charge in [-0.2, -0.15) is 0 Å². The van der Waals surface area contributed by atoms with Crippen LogP contribution in [0, 0.1) is 0 Å². The number of hydrogen-bond acceptors (Lipinski definition) is 3. The molecule has 138 valence electrons. The number of amides is 3. The van der Waals surface area contributed by atoms with E-state index in [9.17, 15) is 9.59 Å². The van der Waals surface area contributed by atoms with Crippen molar-refractivity contribution in [3.8, 4) is 0 Å². The summed E-state index contributed by atoms with van der Waals surface area (Å²) in [7, 11) is 0. The summed E-state index contributed by atoms with van der Waals surface area (Å²) in [6.45, 7) is 4.15. The van der Waals surface area contributed by atoms with Crippen LogP contribution in [0.2, 0.25) is 5.02 Å². The van der Waals surface area contributed by atoms with Crippen molar-refractivity contribution in [1.29, 1.82) is 0 Å². The topological polar surface area (TPSA) is 85.8 Å². The fraction of sp³-hybridized carbons (Fsp3) is 0.438. The van der Waals surface area contributed by atoms with Crippen LogP contribution in [0.5, 0.6) is 0 Å². The van der Waals surface area contributed by atoms with Crippen LogP contribution in [0.3, 0.4) is 0 Å². The molecule has 1 aromatic rings. The van der Waals surface area contributed by atoms with Crippen molar-refractivity contribution in [1.82, 2.24) is 20.9 Å². The summed E-state index contributed by atoms with van der Waals surface area (Å²) >= 11 is 5.97. The second-order valence-corrected chi connectivity index (χ2v) is 5.71. The molecule has 3 N–H and O–H groups in total. The maximum atomic E-state index is 11.5. The van der Waals surface area contributed by atoms with Crippen LogP contribution in [-0.2, 0) is 11.2 Å². The number of hydrogen-bond donors (Lipinski definition) is 3. The second-order valence-electron chi connectivity index (χ2n) is 5.27. The predicted molar refractivity (Wildman–Crippen MR) is 110 cm³/mol. The standard InChI is InChI=1S/C16H22ClN5O2.HI/c1-2-18-15(19-7-6-12-4-3-5-13(17)10-12)20-8-9-22-14(23)11-21-16(22)24;/h3-5,10H,2,6-9,11H2,1H3,(H,21,24)(H2,18,19,20);1H. The van der Waals surface area contributed by atoms with E-state index in [2.05, 4.69) is 20.9 Å². The highest BCUT2D eigenvalue weighted by molar-refractivity contribution is 14.0. The fourth-order valence-electron chi connectivity index (χ4n) is 2.30. The normalized spacial score (nSPS) is 14.2. The molecule has 25 heavy (non-hydrogen) atoms. The van der Waals surface area contributed by atoms with Crippen LogP contribution < -0.4 is 16.0 Å². The lowest BCUT2D eigenvalue weighted by atomic mass is 10.1. The molecule has 0 radical (unpaired) electrons. The lowest BCUT2D eigenvalue weighted by Crippen LogP contribution is -2.43. The van der Waals surface area contributed by atoms with E-state index >= 15 is 0 Å². The van der Waals surface area contributed by atoms with Crippen molar-refractivity contribution < 1.29 is 9.59 Å². The van der Waals surface area contributed by atoms with Crippen LogP contribution in [-0.4, -0.2) is 55.5 Å². The number of carbonyl (C=O) groups excluding carboxylic acids is 2. The molecule has 0 unspecified atom stereocenters. The number of aliphatic imine (C=N–C) groups is 1. The van der Waals surface area contributed by atoms with Gasteiger partial charge in [0.1, 0.15) is 0 Å². The first-order valence-electron chi connectivity index (χ1n) is 7.95. The molecule has 1 saturated heterocycles. The number of nitrogens with zero attached hydrogens (tertiary/aromatic N) is 2. The minimum absolute atomic E-state index is 0. The maximum Gasteiger partial charge on any atom is 0.324 e. The van der Waals surface area contributed by atoms with E-state index in [1.165, 1.54) is 4.90 Å². The lowest BCUT2D eigenvalue weighted by Gasteiger charge is -2.15. The van der Waals surface area contributed by atoms with Gasteiger partial charge in [-0.3, -0.25) is 14.7 Å². The zero-order chi connectivity index (χ0) is 17.4. The minimum atomic E-state index is -0.343. The molecule has 1 aliphatic heterocycles. The quantitative estimate of drug-likeness (QED) is 0.240. The monoisotopic (exact) mass is 479 g/mol. The third-order valence-electron chi connectivity index (χ3n) is 3.47.